The molecule has 1 fully saturated rings. The van der Waals surface area contributed by atoms with Gasteiger partial charge in [-0.05, 0) is 37.3 Å². The van der Waals surface area contributed by atoms with Crippen molar-refractivity contribution in [1.29, 1.82) is 0 Å². The van der Waals surface area contributed by atoms with Gasteiger partial charge in [0.15, 0.2) is 0 Å². The molecule has 3 rings (SSSR count). The van der Waals surface area contributed by atoms with Gasteiger partial charge < -0.3 is 9.88 Å². The molecule has 1 atom stereocenters. The van der Waals surface area contributed by atoms with Gasteiger partial charge in [0.05, 0.1) is 18.2 Å². The summed E-state index contributed by atoms with van der Waals surface area (Å²) in [5.74, 6) is 0. The standard InChI is InChI=1S/C13H17N3S/c1-2-12(15-5-1)3-6-16-10-14-8-13(16)11-4-7-17-9-11/h4,7-10,12,15H,1-3,5-6H2. The molecule has 0 saturated carbocycles. The molecule has 0 radical (unpaired) electrons. The van der Waals surface area contributed by atoms with Crippen LogP contribution in [0.25, 0.3) is 11.3 Å². The summed E-state index contributed by atoms with van der Waals surface area (Å²) < 4.78 is 2.27. The van der Waals surface area contributed by atoms with Gasteiger partial charge >= 0.3 is 0 Å². The van der Waals surface area contributed by atoms with Crippen molar-refractivity contribution in [3.63, 3.8) is 0 Å². The minimum absolute atomic E-state index is 0.702. The van der Waals surface area contributed by atoms with Crippen molar-refractivity contribution in [3.8, 4) is 11.3 Å². The quantitative estimate of drug-likeness (QED) is 0.900. The van der Waals surface area contributed by atoms with Crippen LogP contribution in [0.4, 0.5) is 0 Å². The first-order valence-electron chi connectivity index (χ1n) is 6.19. The van der Waals surface area contributed by atoms with E-state index in [4.69, 9.17) is 0 Å². The lowest BCUT2D eigenvalue weighted by Crippen LogP contribution is -2.22. The number of imidazole rings is 1. The molecule has 1 saturated heterocycles. The molecule has 0 bridgehead atoms. The number of aromatic nitrogens is 2. The van der Waals surface area contributed by atoms with E-state index >= 15 is 0 Å². The SMILES string of the molecule is c1cc(-c2cncn2CCC2CCCN2)cs1. The average Bonchev–Trinajstić information content (AvgIpc) is 3.09. The lowest BCUT2D eigenvalue weighted by atomic mass is 10.1. The Morgan fingerprint density at radius 2 is 2.53 bits per heavy atom. The highest BCUT2D eigenvalue weighted by Gasteiger charge is 2.14. The number of rotatable bonds is 4. The maximum atomic E-state index is 4.27. The van der Waals surface area contributed by atoms with Crippen molar-refractivity contribution in [3.05, 3.63) is 29.4 Å². The molecule has 0 aromatic carbocycles. The molecule has 90 valence electrons. The molecule has 1 aliphatic rings. The molecule has 2 aromatic rings. The molecule has 1 aliphatic heterocycles. The fourth-order valence-corrected chi connectivity index (χ4v) is 3.10. The van der Waals surface area contributed by atoms with Gasteiger partial charge in [0.2, 0.25) is 0 Å². The first-order chi connectivity index (χ1) is 8.43. The van der Waals surface area contributed by atoms with Crippen molar-refractivity contribution in [2.75, 3.05) is 6.54 Å². The summed E-state index contributed by atoms with van der Waals surface area (Å²) in [6.45, 7) is 2.24. The summed E-state index contributed by atoms with van der Waals surface area (Å²) in [6, 6.07) is 2.86. The fraction of sp³-hybridized carbons (Fsp3) is 0.462. The Morgan fingerprint density at radius 1 is 1.53 bits per heavy atom. The summed E-state index contributed by atoms with van der Waals surface area (Å²) >= 11 is 1.74. The molecule has 17 heavy (non-hydrogen) atoms. The number of nitrogens with zero attached hydrogens (tertiary/aromatic N) is 2. The van der Waals surface area contributed by atoms with Crippen LogP contribution in [0.15, 0.2) is 29.4 Å². The third kappa shape index (κ3) is 2.42. The van der Waals surface area contributed by atoms with E-state index in [1.807, 2.05) is 12.5 Å². The van der Waals surface area contributed by atoms with Gasteiger partial charge in [-0.25, -0.2) is 4.98 Å². The van der Waals surface area contributed by atoms with Crippen LogP contribution in [0.1, 0.15) is 19.3 Å². The van der Waals surface area contributed by atoms with Crippen molar-refractivity contribution >= 4 is 11.3 Å². The predicted octanol–water partition coefficient (Wildman–Crippen LogP) is 2.75. The summed E-state index contributed by atoms with van der Waals surface area (Å²) in [6.07, 6.45) is 7.76. The van der Waals surface area contributed by atoms with Crippen molar-refractivity contribution in [2.24, 2.45) is 0 Å². The van der Waals surface area contributed by atoms with Gasteiger partial charge in [-0.3, -0.25) is 0 Å². The number of nitrogens with one attached hydrogen (secondary N) is 1. The van der Waals surface area contributed by atoms with E-state index < -0.39 is 0 Å². The topological polar surface area (TPSA) is 29.9 Å². The van der Waals surface area contributed by atoms with Crippen molar-refractivity contribution in [1.82, 2.24) is 14.9 Å². The monoisotopic (exact) mass is 247 g/mol. The van der Waals surface area contributed by atoms with Gasteiger partial charge in [-0.2, -0.15) is 11.3 Å². The van der Waals surface area contributed by atoms with E-state index in [-0.39, 0.29) is 0 Å². The summed E-state index contributed by atoms with van der Waals surface area (Å²) in [4.78, 5) is 4.27. The Hall–Kier alpha value is -1.13. The average molecular weight is 247 g/mol. The largest absolute Gasteiger partial charge is 0.331 e. The fourth-order valence-electron chi connectivity index (χ4n) is 2.45. The summed E-state index contributed by atoms with van der Waals surface area (Å²) in [5.41, 5.74) is 2.52. The van der Waals surface area contributed by atoms with Gasteiger partial charge in [-0.15, -0.1) is 0 Å². The third-order valence-corrected chi connectivity index (χ3v) is 4.09. The minimum atomic E-state index is 0.702. The molecule has 0 spiro atoms. The third-order valence-electron chi connectivity index (χ3n) is 3.41. The smallest absolute Gasteiger partial charge is 0.0950 e. The van der Waals surface area contributed by atoms with Crippen LogP contribution in [-0.2, 0) is 6.54 Å². The van der Waals surface area contributed by atoms with Gasteiger partial charge in [0.1, 0.15) is 0 Å². The molecular formula is C13H17N3S. The number of hydrogen-bond acceptors (Lipinski definition) is 3. The molecule has 4 heteroatoms. The molecule has 3 nitrogen and oxygen atoms in total. The Labute approximate surface area is 106 Å². The van der Waals surface area contributed by atoms with E-state index in [1.54, 1.807) is 11.3 Å². The van der Waals surface area contributed by atoms with Crippen LogP contribution >= 0.6 is 11.3 Å². The van der Waals surface area contributed by atoms with Crippen LogP contribution in [0.5, 0.6) is 0 Å². The van der Waals surface area contributed by atoms with E-state index in [2.05, 4.69) is 31.7 Å². The maximum absolute atomic E-state index is 4.27. The molecule has 1 N–H and O–H groups in total. The number of thiophene rings is 1. The second kappa shape index (κ2) is 5.02. The van der Waals surface area contributed by atoms with E-state index in [1.165, 1.54) is 37.1 Å². The second-order valence-corrected chi connectivity index (χ2v) is 5.35. The second-order valence-electron chi connectivity index (χ2n) is 4.57. The number of hydrogen-bond donors (Lipinski definition) is 1. The predicted molar refractivity (Wildman–Crippen MR) is 71.2 cm³/mol. The van der Waals surface area contributed by atoms with Crippen LogP contribution in [0.3, 0.4) is 0 Å². The Morgan fingerprint density at radius 3 is 3.29 bits per heavy atom. The van der Waals surface area contributed by atoms with Crippen LogP contribution in [0, 0.1) is 0 Å². The molecule has 1 unspecified atom stereocenters. The van der Waals surface area contributed by atoms with E-state index in [0.29, 0.717) is 6.04 Å². The highest BCUT2D eigenvalue weighted by Crippen LogP contribution is 2.22. The highest BCUT2D eigenvalue weighted by molar-refractivity contribution is 7.08. The highest BCUT2D eigenvalue weighted by atomic mass is 32.1. The summed E-state index contributed by atoms with van der Waals surface area (Å²) in [7, 11) is 0. The zero-order valence-corrected chi connectivity index (χ0v) is 10.6. The number of aryl methyl sites for hydroxylation is 1. The molecular weight excluding hydrogens is 230 g/mol. The van der Waals surface area contributed by atoms with Crippen LogP contribution in [-0.4, -0.2) is 22.1 Å². The molecule has 0 amide bonds. The van der Waals surface area contributed by atoms with Gasteiger partial charge in [0, 0.05) is 23.5 Å². The first-order valence-corrected chi connectivity index (χ1v) is 7.14. The first kappa shape index (κ1) is 11.0. The zero-order valence-electron chi connectivity index (χ0n) is 9.80. The summed E-state index contributed by atoms with van der Waals surface area (Å²) in [5, 5.41) is 7.84. The van der Waals surface area contributed by atoms with Crippen LogP contribution < -0.4 is 5.32 Å². The van der Waals surface area contributed by atoms with Gasteiger partial charge in [0.25, 0.3) is 0 Å². The van der Waals surface area contributed by atoms with Crippen molar-refractivity contribution in [2.45, 2.75) is 31.8 Å². The van der Waals surface area contributed by atoms with Crippen LogP contribution in [0.2, 0.25) is 0 Å². The zero-order chi connectivity index (χ0) is 11.5. The van der Waals surface area contributed by atoms with E-state index in [9.17, 15) is 0 Å². The molecule has 0 aliphatic carbocycles. The molecule has 2 aromatic heterocycles. The Balaban J connectivity index is 1.69. The minimum Gasteiger partial charge on any atom is -0.331 e. The lowest BCUT2D eigenvalue weighted by Gasteiger charge is -2.12. The molecule has 3 heterocycles. The van der Waals surface area contributed by atoms with Crippen molar-refractivity contribution < 1.29 is 0 Å². The normalized spacial score (nSPS) is 19.9. The maximum Gasteiger partial charge on any atom is 0.0950 e. The van der Waals surface area contributed by atoms with Gasteiger partial charge in [-0.1, -0.05) is 0 Å². The van der Waals surface area contributed by atoms with E-state index in [0.717, 1.165) is 6.54 Å². The Bertz CT molecular complexity index is 455. The lowest BCUT2D eigenvalue weighted by molar-refractivity contribution is 0.507. The Kier molecular flexibility index (Phi) is 3.25.